The summed E-state index contributed by atoms with van der Waals surface area (Å²) in [4.78, 5) is 23.6. The van der Waals surface area contributed by atoms with Crippen molar-refractivity contribution in [2.24, 2.45) is 0 Å². The monoisotopic (exact) mass is 305 g/mol. The fraction of sp³-hybridized carbons (Fsp3) is 0.529. The second kappa shape index (κ2) is 6.81. The molecule has 5 heteroatoms. The van der Waals surface area contributed by atoms with Crippen molar-refractivity contribution in [2.45, 2.75) is 52.5 Å². The normalized spacial score (nSPS) is 11.7. The summed E-state index contributed by atoms with van der Waals surface area (Å²) < 4.78 is 0. The van der Waals surface area contributed by atoms with E-state index in [9.17, 15) is 9.59 Å². The smallest absolute Gasteiger partial charge is 0.319 e. The number of carbonyl (C=O) groups is 2. The molecule has 0 heterocycles. The van der Waals surface area contributed by atoms with Gasteiger partial charge in [0.25, 0.3) is 0 Å². The molecule has 0 saturated heterocycles. The van der Waals surface area contributed by atoms with Crippen molar-refractivity contribution in [3.05, 3.63) is 29.8 Å². The van der Waals surface area contributed by atoms with Crippen molar-refractivity contribution in [3.8, 4) is 0 Å². The fourth-order valence-corrected chi connectivity index (χ4v) is 2.04. The molecule has 5 nitrogen and oxygen atoms in total. The molecule has 0 fully saturated rings. The highest BCUT2D eigenvalue weighted by Gasteiger charge is 2.19. The van der Waals surface area contributed by atoms with Crippen molar-refractivity contribution in [3.63, 3.8) is 0 Å². The minimum atomic E-state index is -0.388. The third-order valence-corrected chi connectivity index (χ3v) is 2.91. The predicted octanol–water partition coefficient (Wildman–Crippen LogP) is 3.02. The molecular formula is C17H27N3O2. The van der Waals surface area contributed by atoms with Crippen LogP contribution >= 0.6 is 0 Å². The van der Waals surface area contributed by atoms with Crippen molar-refractivity contribution in [2.75, 3.05) is 11.9 Å². The van der Waals surface area contributed by atoms with Crippen molar-refractivity contribution in [1.82, 2.24) is 10.6 Å². The largest absolute Gasteiger partial charge is 0.350 e. The molecule has 1 aromatic rings. The van der Waals surface area contributed by atoms with Crippen LogP contribution in [0.3, 0.4) is 0 Å². The zero-order chi connectivity index (χ0) is 17.0. The van der Waals surface area contributed by atoms with Crippen LogP contribution in [0.4, 0.5) is 10.5 Å². The van der Waals surface area contributed by atoms with E-state index >= 15 is 0 Å². The standard InChI is InChI=1S/C17H27N3O2/c1-16(2,3)12-9-7-8-10-13(12)19-15(22)18-11-14(21)20-17(4,5)6/h7-10H,11H2,1-6H3,(H,20,21)(H2,18,19,22). The molecular weight excluding hydrogens is 278 g/mol. The van der Waals surface area contributed by atoms with Crippen molar-refractivity contribution >= 4 is 17.6 Å². The van der Waals surface area contributed by atoms with Gasteiger partial charge in [0, 0.05) is 11.2 Å². The van der Waals surface area contributed by atoms with Crippen LogP contribution in [0.5, 0.6) is 0 Å². The Kier molecular flexibility index (Phi) is 5.58. The first-order valence-electron chi connectivity index (χ1n) is 7.44. The summed E-state index contributed by atoms with van der Waals surface area (Å²) >= 11 is 0. The first kappa shape index (κ1) is 18.0. The van der Waals surface area contributed by atoms with Gasteiger partial charge < -0.3 is 16.0 Å². The zero-order valence-electron chi connectivity index (χ0n) is 14.3. The Bertz CT molecular complexity index is 540. The molecule has 122 valence electrons. The molecule has 22 heavy (non-hydrogen) atoms. The van der Waals surface area contributed by atoms with E-state index in [1.807, 2.05) is 45.0 Å². The minimum Gasteiger partial charge on any atom is -0.350 e. The minimum absolute atomic E-state index is 0.0548. The zero-order valence-corrected chi connectivity index (χ0v) is 14.3. The molecule has 0 radical (unpaired) electrons. The van der Waals surface area contributed by atoms with E-state index in [0.29, 0.717) is 0 Å². The van der Waals surface area contributed by atoms with E-state index in [0.717, 1.165) is 11.3 Å². The van der Waals surface area contributed by atoms with Gasteiger partial charge in [0.1, 0.15) is 0 Å². The summed E-state index contributed by atoms with van der Waals surface area (Å²) in [6, 6.07) is 7.27. The van der Waals surface area contributed by atoms with E-state index in [2.05, 4.69) is 36.7 Å². The average Bonchev–Trinajstić information content (AvgIpc) is 2.34. The molecule has 0 aliphatic carbocycles. The Hall–Kier alpha value is -2.04. The average molecular weight is 305 g/mol. The van der Waals surface area contributed by atoms with Gasteiger partial charge in [-0.3, -0.25) is 4.79 Å². The number of urea groups is 1. The quantitative estimate of drug-likeness (QED) is 0.803. The number of carbonyl (C=O) groups excluding carboxylic acids is 2. The number of rotatable bonds is 3. The van der Waals surface area contributed by atoms with Crippen molar-refractivity contribution in [1.29, 1.82) is 0 Å². The van der Waals surface area contributed by atoms with Crippen LogP contribution in [0.2, 0.25) is 0 Å². The number of amides is 3. The van der Waals surface area contributed by atoms with E-state index in [4.69, 9.17) is 0 Å². The number of benzene rings is 1. The molecule has 1 rings (SSSR count). The van der Waals surface area contributed by atoms with E-state index in [1.54, 1.807) is 0 Å². The molecule has 0 bridgehead atoms. The van der Waals surface area contributed by atoms with Gasteiger partial charge in [0.05, 0.1) is 6.54 Å². The van der Waals surface area contributed by atoms with Gasteiger partial charge in [0.2, 0.25) is 5.91 Å². The molecule has 3 N–H and O–H groups in total. The Morgan fingerprint density at radius 1 is 1.00 bits per heavy atom. The summed E-state index contributed by atoms with van der Waals surface area (Å²) in [5, 5.41) is 8.17. The summed E-state index contributed by atoms with van der Waals surface area (Å²) in [6.07, 6.45) is 0. The molecule has 0 aromatic heterocycles. The maximum atomic E-state index is 12.0. The highest BCUT2D eigenvalue weighted by atomic mass is 16.2. The second-order valence-corrected chi connectivity index (χ2v) is 7.40. The molecule has 0 spiro atoms. The first-order chi connectivity index (χ1) is 9.99. The van der Waals surface area contributed by atoms with E-state index in [1.165, 1.54) is 0 Å². The number of hydrogen-bond donors (Lipinski definition) is 3. The summed E-state index contributed by atoms with van der Waals surface area (Å²) in [6.45, 7) is 11.9. The fourth-order valence-electron chi connectivity index (χ4n) is 2.04. The highest BCUT2D eigenvalue weighted by molar-refractivity contribution is 5.93. The third-order valence-electron chi connectivity index (χ3n) is 2.91. The second-order valence-electron chi connectivity index (χ2n) is 7.40. The number of hydrogen-bond acceptors (Lipinski definition) is 2. The van der Waals surface area contributed by atoms with Crippen LogP contribution in [0.25, 0.3) is 0 Å². The molecule has 0 aliphatic rings. The molecule has 0 atom stereocenters. The Morgan fingerprint density at radius 2 is 1.59 bits per heavy atom. The SMILES string of the molecule is CC(C)(C)NC(=O)CNC(=O)Nc1ccccc1C(C)(C)C. The predicted molar refractivity (Wildman–Crippen MR) is 90.1 cm³/mol. The van der Waals surface area contributed by atoms with Crippen molar-refractivity contribution < 1.29 is 9.59 Å². The summed E-state index contributed by atoms with van der Waals surface area (Å²) in [5.41, 5.74) is 1.41. The molecule has 1 aromatic carbocycles. The topological polar surface area (TPSA) is 70.2 Å². The van der Waals surface area contributed by atoms with Gasteiger partial charge in [-0.25, -0.2) is 4.79 Å². The Balaban J connectivity index is 2.62. The first-order valence-corrected chi connectivity index (χ1v) is 7.44. The van der Waals surface area contributed by atoms with Gasteiger partial charge >= 0.3 is 6.03 Å². The van der Waals surface area contributed by atoms with Crippen LogP contribution in [-0.4, -0.2) is 24.0 Å². The van der Waals surface area contributed by atoms with Crippen LogP contribution in [0, 0.1) is 0 Å². The van der Waals surface area contributed by atoms with E-state index in [-0.39, 0.29) is 29.4 Å². The maximum absolute atomic E-state index is 12.0. The third kappa shape index (κ3) is 6.16. The van der Waals surface area contributed by atoms with Crippen LogP contribution < -0.4 is 16.0 Å². The van der Waals surface area contributed by atoms with Gasteiger partial charge in [-0.05, 0) is 37.8 Å². The maximum Gasteiger partial charge on any atom is 0.319 e. The van der Waals surface area contributed by atoms with Gasteiger partial charge in [-0.1, -0.05) is 39.0 Å². The number of para-hydroxylation sites is 1. The van der Waals surface area contributed by atoms with Gasteiger partial charge in [-0.15, -0.1) is 0 Å². The lowest BCUT2D eigenvalue weighted by Crippen LogP contribution is -2.46. The van der Waals surface area contributed by atoms with Crippen LogP contribution in [0.15, 0.2) is 24.3 Å². The lowest BCUT2D eigenvalue weighted by atomic mass is 9.86. The van der Waals surface area contributed by atoms with E-state index < -0.39 is 0 Å². The molecule has 0 saturated carbocycles. The number of nitrogens with one attached hydrogen (secondary N) is 3. The van der Waals surface area contributed by atoms with Crippen LogP contribution in [0.1, 0.15) is 47.1 Å². The lowest BCUT2D eigenvalue weighted by molar-refractivity contribution is -0.121. The highest BCUT2D eigenvalue weighted by Crippen LogP contribution is 2.29. The molecule has 0 unspecified atom stereocenters. The Labute approximate surface area is 132 Å². The lowest BCUT2D eigenvalue weighted by Gasteiger charge is -2.23. The Morgan fingerprint density at radius 3 is 2.14 bits per heavy atom. The number of anilines is 1. The van der Waals surface area contributed by atoms with Gasteiger partial charge in [-0.2, -0.15) is 0 Å². The van der Waals surface area contributed by atoms with Crippen LogP contribution in [-0.2, 0) is 10.2 Å². The molecule has 0 aliphatic heterocycles. The summed E-state index contributed by atoms with van der Waals surface area (Å²) in [5.74, 6) is -0.216. The molecule has 3 amide bonds. The van der Waals surface area contributed by atoms with Gasteiger partial charge in [0.15, 0.2) is 0 Å². The summed E-state index contributed by atoms with van der Waals surface area (Å²) in [7, 11) is 0.